The Kier molecular flexibility index (Phi) is 4.61. The summed E-state index contributed by atoms with van der Waals surface area (Å²) in [5, 5.41) is 0.928. The Hall–Kier alpha value is -2.44. The zero-order valence-corrected chi connectivity index (χ0v) is 16.0. The molecule has 0 atom stereocenters. The van der Waals surface area contributed by atoms with E-state index in [4.69, 9.17) is 0 Å². The van der Waals surface area contributed by atoms with E-state index in [1.807, 2.05) is 31.2 Å². The van der Waals surface area contributed by atoms with Gasteiger partial charge in [0.15, 0.2) is 5.78 Å². The van der Waals surface area contributed by atoms with Gasteiger partial charge in [0.2, 0.25) is 10.0 Å². The van der Waals surface area contributed by atoms with Crippen molar-refractivity contribution in [3.8, 4) is 0 Å². The molecule has 0 bridgehead atoms. The van der Waals surface area contributed by atoms with Gasteiger partial charge in [-0.1, -0.05) is 35.9 Å². The molecular weight excluding hydrogens is 360 g/mol. The monoisotopic (exact) mass is 382 g/mol. The predicted molar refractivity (Wildman–Crippen MR) is 105 cm³/mol. The van der Waals surface area contributed by atoms with E-state index >= 15 is 0 Å². The highest BCUT2D eigenvalue weighted by molar-refractivity contribution is 7.89. The molecule has 5 nitrogen and oxygen atoms in total. The fraction of sp³-hybridized carbons (Fsp3) is 0.286. The lowest BCUT2D eigenvalue weighted by molar-refractivity contribution is 0.0877. The molecule has 1 aliphatic rings. The van der Waals surface area contributed by atoms with Gasteiger partial charge in [-0.3, -0.25) is 4.79 Å². The van der Waals surface area contributed by atoms with Crippen LogP contribution in [0, 0.1) is 12.8 Å². The van der Waals surface area contributed by atoms with Crippen molar-refractivity contribution in [2.45, 2.75) is 24.7 Å². The van der Waals surface area contributed by atoms with E-state index in [0.29, 0.717) is 36.4 Å². The SMILES string of the molecule is Cc1ccc(S(=O)(=O)N2CCC(C(=O)c3c[nH]c4ccccc34)CC2)cc1. The van der Waals surface area contributed by atoms with E-state index in [0.717, 1.165) is 16.5 Å². The van der Waals surface area contributed by atoms with Crippen LogP contribution >= 0.6 is 0 Å². The van der Waals surface area contributed by atoms with Gasteiger partial charge >= 0.3 is 0 Å². The number of sulfonamides is 1. The molecule has 140 valence electrons. The van der Waals surface area contributed by atoms with E-state index in [9.17, 15) is 13.2 Å². The molecule has 2 heterocycles. The van der Waals surface area contributed by atoms with Gasteiger partial charge in [-0.15, -0.1) is 0 Å². The fourth-order valence-corrected chi connectivity index (χ4v) is 5.18. The van der Waals surface area contributed by atoms with E-state index < -0.39 is 10.0 Å². The minimum Gasteiger partial charge on any atom is -0.360 e. The number of hydrogen-bond donors (Lipinski definition) is 1. The van der Waals surface area contributed by atoms with E-state index in [1.54, 1.807) is 30.5 Å². The Morgan fingerprint density at radius 2 is 1.70 bits per heavy atom. The van der Waals surface area contributed by atoms with Gasteiger partial charge in [0.05, 0.1) is 4.90 Å². The van der Waals surface area contributed by atoms with Gasteiger partial charge in [-0.05, 0) is 38.0 Å². The van der Waals surface area contributed by atoms with Crippen molar-refractivity contribution in [2.75, 3.05) is 13.1 Å². The number of carbonyl (C=O) groups excluding carboxylic acids is 1. The van der Waals surface area contributed by atoms with Crippen molar-refractivity contribution < 1.29 is 13.2 Å². The van der Waals surface area contributed by atoms with Gasteiger partial charge in [0.1, 0.15) is 0 Å². The van der Waals surface area contributed by atoms with Gasteiger partial charge in [-0.2, -0.15) is 4.31 Å². The van der Waals surface area contributed by atoms with Crippen LogP contribution in [0.15, 0.2) is 59.6 Å². The molecule has 2 aromatic carbocycles. The Morgan fingerprint density at radius 3 is 2.41 bits per heavy atom. The van der Waals surface area contributed by atoms with Gasteiger partial charge in [0, 0.05) is 41.7 Å². The number of nitrogens with one attached hydrogen (secondary N) is 1. The molecule has 0 spiro atoms. The summed E-state index contributed by atoms with van der Waals surface area (Å²) < 4.78 is 27.1. The number of nitrogens with zero attached hydrogens (tertiary/aromatic N) is 1. The fourth-order valence-electron chi connectivity index (χ4n) is 3.71. The van der Waals surface area contributed by atoms with Crippen molar-refractivity contribution in [1.82, 2.24) is 9.29 Å². The molecule has 1 aliphatic heterocycles. The van der Waals surface area contributed by atoms with Crippen molar-refractivity contribution >= 4 is 26.7 Å². The second kappa shape index (κ2) is 6.94. The number of fused-ring (bicyclic) bond motifs is 1. The summed E-state index contributed by atoms with van der Waals surface area (Å²) in [6, 6.07) is 14.6. The number of aryl methyl sites for hydroxylation is 1. The largest absolute Gasteiger partial charge is 0.360 e. The van der Waals surface area contributed by atoms with Gasteiger partial charge in [-0.25, -0.2) is 8.42 Å². The number of ketones is 1. The Balaban J connectivity index is 1.48. The summed E-state index contributed by atoms with van der Waals surface area (Å²) in [5.74, 6) is -0.0477. The van der Waals surface area contributed by atoms with E-state index in [1.165, 1.54) is 4.31 Å². The molecule has 1 fully saturated rings. The molecule has 27 heavy (non-hydrogen) atoms. The van der Waals surface area contributed by atoms with Crippen LogP contribution in [0.25, 0.3) is 10.9 Å². The van der Waals surface area contributed by atoms with Crippen molar-refractivity contribution in [3.63, 3.8) is 0 Å². The average Bonchev–Trinajstić information content (AvgIpc) is 3.12. The van der Waals surface area contributed by atoms with Crippen molar-refractivity contribution in [1.29, 1.82) is 0 Å². The average molecular weight is 382 g/mol. The third-order valence-electron chi connectivity index (χ3n) is 5.34. The second-order valence-electron chi connectivity index (χ2n) is 7.10. The normalized spacial score (nSPS) is 16.6. The summed E-state index contributed by atoms with van der Waals surface area (Å²) >= 11 is 0. The zero-order chi connectivity index (χ0) is 19.0. The van der Waals surface area contributed by atoms with Crippen molar-refractivity contribution in [2.24, 2.45) is 5.92 Å². The maximum atomic E-state index is 13.0. The molecule has 0 aliphatic carbocycles. The van der Waals surface area contributed by atoms with Crippen LogP contribution in [0.4, 0.5) is 0 Å². The minimum atomic E-state index is -3.50. The quantitative estimate of drug-likeness (QED) is 0.699. The molecule has 6 heteroatoms. The number of para-hydroxylation sites is 1. The third kappa shape index (κ3) is 3.31. The second-order valence-corrected chi connectivity index (χ2v) is 9.04. The number of benzene rings is 2. The summed E-state index contributed by atoms with van der Waals surface area (Å²) in [6.07, 6.45) is 2.86. The van der Waals surface area contributed by atoms with Crippen LogP contribution < -0.4 is 0 Å². The molecule has 0 unspecified atom stereocenters. The molecule has 3 aromatic rings. The molecule has 4 rings (SSSR count). The van der Waals surface area contributed by atoms with E-state index in [2.05, 4.69) is 4.98 Å². The number of rotatable bonds is 4. The summed E-state index contributed by atoms with van der Waals surface area (Å²) in [6.45, 7) is 2.67. The van der Waals surface area contributed by atoms with Crippen LogP contribution in [0.3, 0.4) is 0 Å². The first kappa shape index (κ1) is 17.9. The van der Waals surface area contributed by atoms with Crippen LogP contribution in [0.5, 0.6) is 0 Å². The first-order valence-electron chi connectivity index (χ1n) is 9.14. The Bertz CT molecular complexity index is 1080. The van der Waals surface area contributed by atoms with Gasteiger partial charge in [0.25, 0.3) is 0 Å². The van der Waals surface area contributed by atoms with Gasteiger partial charge < -0.3 is 4.98 Å². The lowest BCUT2D eigenvalue weighted by Crippen LogP contribution is -2.40. The molecule has 0 radical (unpaired) electrons. The topological polar surface area (TPSA) is 70.2 Å². The Morgan fingerprint density at radius 1 is 1.04 bits per heavy atom. The number of Topliss-reactive ketones (excluding diaryl/α,β-unsaturated/α-hetero) is 1. The minimum absolute atomic E-state index is 0.0971. The van der Waals surface area contributed by atoms with Crippen LogP contribution in [-0.2, 0) is 10.0 Å². The highest BCUT2D eigenvalue weighted by Gasteiger charge is 2.33. The highest BCUT2D eigenvalue weighted by atomic mass is 32.2. The number of aromatic amines is 1. The predicted octanol–water partition coefficient (Wildman–Crippen LogP) is 3.76. The standard InChI is InChI=1S/C21H22N2O3S/c1-15-6-8-17(9-7-15)27(25,26)23-12-10-16(11-13-23)21(24)19-14-22-20-5-3-2-4-18(19)20/h2-9,14,16,22H,10-13H2,1H3. The molecule has 1 N–H and O–H groups in total. The maximum absolute atomic E-state index is 13.0. The number of carbonyl (C=O) groups is 1. The van der Waals surface area contributed by atoms with E-state index in [-0.39, 0.29) is 11.7 Å². The van der Waals surface area contributed by atoms with Crippen LogP contribution in [0.2, 0.25) is 0 Å². The van der Waals surface area contributed by atoms with Crippen molar-refractivity contribution in [3.05, 3.63) is 65.9 Å². The highest BCUT2D eigenvalue weighted by Crippen LogP contribution is 2.28. The molecule has 1 saturated heterocycles. The lowest BCUT2D eigenvalue weighted by atomic mass is 9.89. The number of H-pyrrole nitrogens is 1. The van der Waals surface area contributed by atoms with Crippen LogP contribution in [-0.4, -0.2) is 36.6 Å². The first-order valence-corrected chi connectivity index (χ1v) is 10.6. The first-order chi connectivity index (χ1) is 13.0. The molecular formula is C21H22N2O3S. The summed E-state index contributed by atoms with van der Waals surface area (Å²) in [7, 11) is -3.50. The number of piperidine rings is 1. The third-order valence-corrected chi connectivity index (χ3v) is 7.25. The summed E-state index contributed by atoms with van der Waals surface area (Å²) in [4.78, 5) is 16.4. The number of hydrogen-bond acceptors (Lipinski definition) is 3. The molecule has 0 amide bonds. The molecule has 0 saturated carbocycles. The van der Waals surface area contributed by atoms with Crippen LogP contribution in [0.1, 0.15) is 28.8 Å². The summed E-state index contributed by atoms with van der Waals surface area (Å²) in [5.41, 5.74) is 2.67. The number of aromatic nitrogens is 1. The lowest BCUT2D eigenvalue weighted by Gasteiger charge is -2.30. The Labute approximate surface area is 159 Å². The zero-order valence-electron chi connectivity index (χ0n) is 15.2. The molecule has 1 aromatic heterocycles. The smallest absolute Gasteiger partial charge is 0.243 e. The maximum Gasteiger partial charge on any atom is 0.243 e.